The number of hydrogen-bond donors (Lipinski definition) is 1. The van der Waals surface area contributed by atoms with Crippen molar-refractivity contribution in [3.8, 4) is 0 Å². The summed E-state index contributed by atoms with van der Waals surface area (Å²) in [5.41, 5.74) is 0. The molecule has 4 atom stereocenters. The number of allylic oxidation sites excluding steroid dienone is 1. The Morgan fingerprint density at radius 2 is 2.08 bits per heavy atom. The highest BCUT2D eigenvalue weighted by Crippen LogP contribution is 2.26. The molecule has 1 heterocycles. The molecular formula is C10H16O3. The minimum absolute atomic E-state index is 0.0242. The van der Waals surface area contributed by atoms with Gasteiger partial charge in [-0.15, -0.1) is 0 Å². The van der Waals surface area contributed by atoms with E-state index < -0.39 is 12.0 Å². The molecule has 1 saturated heterocycles. The fraction of sp³-hybridized carbons (Fsp3) is 0.700. The molecule has 0 saturated carbocycles. The summed E-state index contributed by atoms with van der Waals surface area (Å²) in [7, 11) is 0. The lowest BCUT2D eigenvalue weighted by atomic mass is 9.86. The van der Waals surface area contributed by atoms with Crippen LogP contribution in [0.25, 0.3) is 0 Å². The van der Waals surface area contributed by atoms with Crippen molar-refractivity contribution in [1.82, 2.24) is 0 Å². The van der Waals surface area contributed by atoms with E-state index in [1.54, 1.807) is 13.0 Å². The van der Waals surface area contributed by atoms with Crippen LogP contribution in [-0.4, -0.2) is 23.3 Å². The van der Waals surface area contributed by atoms with Crippen LogP contribution in [-0.2, 0) is 9.53 Å². The molecule has 0 unspecified atom stereocenters. The summed E-state index contributed by atoms with van der Waals surface area (Å²) in [5.74, 6) is -0.742. The maximum absolute atomic E-state index is 11.2. The Hall–Kier alpha value is -0.830. The lowest BCUT2D eigenvalue weighted by Gasteiger charge is -2.34. The first-order chi connectivity index (χ1) is 6.07. The van der Waals surface area contributed by atoms with E-state index in [1.807, 2.05) is 19.9 Å². The SMILES string of the molecule is C/C=C/[C@H]1OC(=O)[C@H](C)[C@@H](O)[C@H]1C. The van der Waals surface area contributed by atoms with Gasteiger partial charge in [-0.2, -0.15) is 0 Å². The second-order valence-electron chi connectivity index (χ2n) is 3.57. The van der Waals surface area contributed by atoms with Crippen molar-refractivity contribution in [2.24, 2.45) is 11.8 Å². The molecule has 0 spiro atoms. The van der Waals surface area contributed by atoms with Gasteiger partial charge in [0, 0.05) is 5.92 Å². The average molecular weight is 184 g/mol. The fourth-order valence-corrected chi connectivity index (χ4v) is 1.54. The van der Waals surface area contributed by atoms with Gasteiger partial charge in [-0.3, -0.25) is 4.79 Å². The van der Waals surface area contributed by atoms with Gasteiger partial charge in [-0.1, -0.05) is 13.0 Å². The van der Waals surface area contributed by atoms with Gasteiger partial charge < -0.3 is 9.84 Å². The third-order valence-electron chi connectivity index (χ3n) is 2.58. The highest BCUT2D eigenvalue weighted by molar-refractivity contribution is 5.74. The van der Waals surface area contributed by atoms with E-state index in [9.17, 15) is 9.90 Å². The van der Waals surface area contributed by atoms with Gasteiger partial charge in [-0.25, -0.2) is 0 Å². The predicted molar refractivity (Wildman–Crippen MR) is 49.0 cm³/mol. The number of carbonyl (C=O) groups excluding carboxylic acids is 1. The first kappa shape index (κ1) is 10.3. The summed E-state index contributed by atoms with van der Waals surface area (Å²) in [6, 6.07) is 0. The molecule has 3 nitrogen and oxygen atoms in total. The number of cyclic esters (lactones) is 1. The van der Waals surface area contributed by atoms with Crippen molar-refractivity contribution in [2.75, 3.05) is 0 Å². The van der Waals surface area contributed by atoms with Crippen LogP contribution in [0.4, 0.5) is 0 Å². The molecule has 13 heavy (non-hydrogen) atoms. The van der Waals surface area contributed by atoms with Gasteiger partial charge in [0.1, 0.15) is 6.10 Å². The quantitative estimate of drug-likeness (QED) is 0.490. The van der Waals surface area contributed by atoms with Crippen molar-refractivity contribution in [1.29, 1.82) is 0 Å². The van der Waals surface area contributed by atoms with Crippen LogP contribution in [0, 0.1) is 11.8 Å². The summed E-state index contributed by atoms with van der Waals surface area (Å²) in [6.45, 7) is 5.44. The zero-order valence-corrected chi connectivity index (χ0v) is 8.23. The second kappa shape index (κ2) is 3.92. The number of aliphatic hydroxyl groups is 1. The van der Waals surface area contributed by atoms with Crippen LogP contribution in [0.15, 0.2) is 12.2 Å². The Morgan fingerprint density at radius 3 is 2.62 bits per heavy atom. The summed E-state index contributed by atoms with van der Waals surface area (Å²) < 4.78 is 5.14. The molecule has 0 aliphatic carbocycles. The molecule has 0 aromatic heterocycles. The molecule has 1 aliphatic heterocycles. The normalized spacial score (nSPS) is 40.8. The van der Waals surface area contributed by atoms with Crippen LogP contribution in [0.2, 0.25) is 0 Å². The van der Waals surface area contributed by atoms with Crippen LogP contribution in [0.5, 0.6) is 0 Å². The minimum atomic E-state index is -0.595. The van der Waals surface area contributed by atoms with E-state index in [0.29, 0.717) is 0 Å². The van der Waals surface area contributed by atoms with E-state index in [2.05, 4.69) is 0 Å². The largest absolute Gasteiger partial charge is 0.457 e. The number of rotatable bonds is 1. The lowest BCUT2D eigenvalue weighted by molar-refractivity contribution is -0.172. The van der Waals surface area contributed by atoms with Crippen molar-refractivity contribution in [2.45, 2.75) is 33.0 Å². The Kier molecular flexibility index (Phi) is 3.09. The van der Waals surface area contributed by atoms with Gasteiger partial charge in [0.05, 0.1) is 12.0 Å². The van der Waals surface area contributed by atoms with Gasteiger partial charge in [-0.05, 0) is 19.9 Å². The summed E-state index contributed by atoms with van der Waals surface area (Å²) >= 11 is 0. The van der Waals surface area contributed by atoms with E-state index >= 15 is 0 Å². The van der Waals surface area contributed by atoms with Crippen LogP contribution in [0.1, 0.15) is 20.8 Å². The molecule has 0 radical (unpaired) electrons. The molecule has 3 heteroatoms. The van der Waals surface area contributed by atoms with Gasteiger partial charge in [0.25, 0.3) is 0 Å². The Morgan fingerprint density at radius 1 is 1.46 bits per heavy atom. The minimum Gasteiger partial charge on any atom is -0.457 e. The zero-order chi connectivity index (χ0) is 10.0. The van der Waals surface area contributed by atoms with E-state index in [0.717, 1.165) is 0 Å². The molecular weight excluding hydrogens is 168 g/mol. The van der Waals surface area contributed by atoms with Gasteiger partial charge in [0.2, 0.25) is 0 Å². The molecule has 0 bridgehead atoms. The highest BCUT2D eigenvalue weighted by atomic mass is 16.5. The fourth-order valence-electron chi connectivity index (χ4n) is 1.54. The number of ether oxygens (including phenoxy) is 1. The van der Waals surface area contributed by atoms with E-state index in [1.165, 1.54) is 0 Å². The molecule has 1 fully saturated rings. The van der Waals surface area contributed by atoms with Crippen molar-refractivity contribution in [3.05, 3.63) is 12.2 Å². The molecule has 0 aromatic rings. The number of aliphatic hydroxyl groups excluding tert-OH is 1. The zero-order valence-electron chi connectivity index (χ0n) is 8.23. The first-order valence-corrected chi connectivity index (χ1v) is 4.59. The lowest BCUT2D eigenvalue weighted by Crippen LogP contribution is -2.45. The molecule has 0 aromatic carbocycles. The molecule has 1 N–H and O–H groups in total. The number of hydrogen-bond acceptors (Lipinski definition) is 3. The Labute approximate surface area is 78.4 Å². The van der Waals surface area contributed by atoms with Crippen LogP contribution < -0.4 is 0 Å². The molecule has 1 aliphatic rings. The maximum Gasteiger partial charge on any atom is 0.311 e. The van der Waals surface area contributed by atoms with Crippen LogP contribution in [0.3, 0.4) is 0 Å². The third-order valence-corrected chi connectivity index (χ3v) is 2.58. The molecule has 74 valence electrons. The number of esters is 1. The van der Waals surface area contributed by atoms with Crippen molar-refractivity contribution >= 4 is 5.97 Å². The summed E-state index contributed by atoms with van der Waals surface area (Å²) in [5, 5.41) is 9.68. The molecule has 1 rings (SSSR count). The van der Waals surface area contributed by atoms with Crippen molar-refractivity contribution < 1.29 is 14.6 Å². The third kappa shape index (κ3) is 1.91. The maximum atomic E-state index is 11.2. The smallest absolute Gasteiger partial charge is 0.311 e. The van der Waals surface area contributed by atoms with Crippen molar-refractivity contribution in [3.63, 3.8) is 0 Å². The standard InChI is InChI=1S/C10H16O3/c1-4-5-8-6(2)9(11)7(3)10(12)13-8/h4-9,11H,1-3H3/b5-4+/t6-,7+,8+,9-/m0/s1. The number of carbonyl (C=O) groups is 1. The average Bonchev–Trinajstić information content (AvgIpc) is 2.11. The van der Waals surface area contributed by atoms with Gasteiger partial charge >= 0.3 is 5.97 Å². The summed E-state index contributed by atoms with van der Waals surface area (Å²) in [4.78, 5) is 11.2. The second-order valence-corrected chi connectivity index (χ2v) is 3.57. The Bertz CT molecular complexity index is 222. The van der Waals surface area contributed by atoms with E-state index in [-0.39, 0.29) is 18.0 Å². The topological polar surface area (TPSA) is 46.5 Å². The summed E-state index contributed by atoms with van der Waals surface area (Å²) in [6.07, 6.45) is 2.76. The van der Waals surface area contributed by atoms with E-state index in [4.69, 9.17) is 4.74 Å². The predicted octanol–water partition coefficient (Wildman–Crippen LogP) is 1.12. The van der Waals surface area contributed by atoms with Crippen LogP contribution >= 0.6 is 0 Å². The van der Waals surface area contributed by atoms with Gasteiger partial charge in [0.15, 0.2) is 0 Å². The molecule has 0 amide bonds. The first-order valence-electron chi connectivity index (χ1n) is 4.59. The highest BCUT2D eigenvalue weighted by Gasteiger charge is 2.38. The Balaban J connectivity index is 2.76. The monoisotopic (exact) mass is 184 g/mol.